The molecule has 0 saturated carbocycles. The van der Waals surface area contributed by atoms with Crippen molar-refractivity contribution in [1.29, 1.82) is 0 Å². The smallest absolute Gasteiger partial charge is 0.306 e. The second kappa shape index (κ2) is 60.9. The molecule has 1 saturated heterocycles. The Balaban J connectivity index is 3.71. The summed E-state index contributed by atoms with van der Waals surface area (Å²) in [5.41, 5.74) is 0. The van der Waals surface area contributed by atoms with Crippen molar-refractivity contribution in [2.45, 2.75) is 448 Å². The molecular weight excluding hydrogens is 1170 g/mol. The quantitative estimate of drug-likeness (QED) is 0.0170. The Morgan fingerprint density at radius 3 is 0.924 bits per heavy atom. The lowest BCUT2D eigenvalue weighted by molar-refractivity contribution is -0.387. The van der Waals surface area contributed by atoms with E-state index in [1.54, 1.807) is 0 Å². The minimum Gasteiger partial charge on any atom is -0.463 e. The molecule has 16 nitrogen and oxygen atoms in total. The highest BCUT2D eigenvalue weighted by atomic mass is 16.7. The first-order valence-electron chi connectivity index (χ1n) is 40.4. The van der Waals surface area contributed by atoms with Crippen LogP contribution in [0.15, 0.2) is 0 Å². The van der Waals surface area contributed by atoms with E-state index in [0.29, 0.717) is 44.9 Å². The Morgan fingerprint density at radius 1 is 0.370 bits per heavy atom. The van der Waals surface area contributed by atoms with Gasteiger partial charge < -0.3 is 59.4 Å². The van der Waals surface area contributed by atoms with Crippen molar-refractivity contribution in [2.75, 3.05) is 13.2 Å². The van der Waals surface area contributed by atoms with Crippen LogP contribution in [0.25, 0.3) is 0 Å². The maximum atomic E-state index is 14.4. The van der Waals surface area contributed by atoms with Gasteiger partial charge in [0.2, 0.25) is 5.79 Å². The zero-order valence-corrected chi connectivity index (χ0v) is 59.0. The van der Waals surface area contributed by atoms with Gasteiger partial charge in [0.05, 0.1) is 6.61 Å². The summed E-state index contributed by atoms with van der Waals surface area (Å²) >= 11 is 0. The SMILES string of the molecule is [2H]C(CCCCCCCCCCCCC)CC(=O)OC[C@H]1OC(O)(C(O)[C@@H](O)[C@@H](O)[C@H](O)[C@H](O)CO)[C@@H](OC(=O)CC([2H])CCCCCCCCCCCCC)[C@@H](OC(=O)CC([2H])CCCCCCCCCCCCC)[C@@H]1OC(=O)CC([2H])CCCCCCCCCCCCC. The summed E-state index contributed by atoms with van der Waals surface area (Å²) in [4.78, 5) is 56.7. The first-order chi connectivity index (χ1) is 46.3. The molecule has 16 heteroatoms. The maximum absolute atomic E-state index is 14.4. The fourth-order valence-electron chi connectivity index (χ4n) is 12.3. The highest BCUT2D eigenvalue weighted by Gasteiger charge is 2.64. The van der Waals surface area contributed by atoms with Crippen molar-refractivity contribution in [3.05, 3.63) is 0 Å². The Kier molecular flexibility index (Phi) is 53.1. The van der Waals surface area contributed by atoms with Gasteiger partial charge in [-0.3, -0.25) is 19.2 Å². The number of hydrogen-bond acceptors (Lipinski definition) is 16. The molecule has 0 aliphatic carbocycles. The van der Waals surface area contributed by atoms with Gasteiger partial charge in [-0.05, 0) is 25.6 Å². The average molecular weight is 1320 g/mol. The van der Waals surface area contributed by atoms with Gasteiger partial charge in [-0.25, -0.2) is 0 Å². The van der Waals surface area contributed by atoms with E-state index < -0.39 is 143 Å². The van der Waals surface area contributed by atoms with Crippen LogP contribution in [0.5, 0.6) is 0 Å². The van der Waals surface area contributed by atoms with Crippen LogP contribution in [0.4, 0.5) is 0 Å². The summed E-state index contributed by atoms with van der Waals surface area (Å²) < 4.78 is 65.5. The van der Waals surface area contributed by atoms with Crippen molar-refractivity contribution in [1.82, 2.24) is 0 Å². The van der Waals surface area contributed by atoms with E-state index in [-0.39, 0.29) is 12.8 Å². The van der Waals surface area contributed by atoms with E-state index in [9.17, 15) is 54.9 Å². The molecule has 544 valence electrons. The zero-order valence-electron chi connectivity index (χ0n) is 63.0. The molecule has 0 spiro atoms. The van der Waals surface area contributed by atoms with Gasteiger partial charge in [0.1, 0.15) is 43.2 Å². The van der Waals surface area contributed by atoms with Crippen LogP contribution in [0.3, 0.4) is 0 Å². The van der Waals surface area contributed by atoms with Crippen molar-refractivity contribution in [3.63, 3.8) is 0 Å². The lowest BCUT2D eigenvalue weighted by atomic mass is 9.84. The summed E-state index contributed by atoms with van der Waals surface area (Å²) in [5, 5.41) is 78.6. The van der Waals surface area contributed by atoms with Crippen LogP contribution in [0, 0.1) is 0 Å². The van der Waals surface area contributed by atoms with Gasteiger partial charge in [-0.2, -0.15) is 0 Å². The van der Waals surface area contributed by atoms with Gasteiger partial charge in [-0.15, -0.1) is 0 Å². The summed E-state index contributed by atoms with van der Waals surface area (Å²) in [6.45, 7) is 6.75. The highest BCUT2D eigenvalue weighted by Crippen LogP contribution is 2.39. The maximum Gasteiger partial charge on any atom is 0.306 e. The molecule has 0 radical (unpaired) electrons. The van der Waals surface area contributed by atoms with Gasteiger partial charge in [0, 0.05) is 31.2 Å². The van der Waals surface area contributed by atoms with E-state index in [1.165, 1.54) is 141 Å². The zero-order chi connectivity index (χ0) is 71.0. The molecule has 0 aromatic rings. The normalized spacial score (nSPS) is 21.1. The molecule has 14 atom stereocenters. The van der Waals surface area contributed by atoms with Gasteiger partial charge >= 0.3 is 23.9 Å². The molecule has 7 N–H and O–H groups in total. The minimum absolute atomic E-state index is 0.276. The predicted molar refractivity (Wildman–Crippen MR) is 369 cm³/mol. The van der Waals surface area contributed by atoms with Crippen LogP contribution in [0.1, 0.15) is 393 Å². The molecule has 1 fully saturated rings. The van der Waals surface area contributed by atoms with Gasteiger partial charge in [0.25, 0.3) is 0 Å². The molecule has 0 aromatic heterocycles. The van der Waals surface area contributed by atoms with Crippen molar-refractivity contribution in [2.24, 2.45) is 0 Å². The van der Waals surface area contributed by atoms with Gasteiger partial charge in [0.15, 0.2) is 18.3 Å². The molecule has 0 amide bonds. The summed E-state index contributed by atoms with van der Waals surface area (Å²) in [6.07, 6.45) is 22.0. The van der Waals surface area contributed by atoms with Crippen LogP contribution >= 0.6 is 0 Å². The number of esters is 4. The number of aliphatic hydroxyl groups excluding tert-OH is 6. The van der Waals surface area contributed by atoms with Crippen LogP contribution in [-0.4, -0.2) is 134 Å². The standard InChI is InChI=1S/C76H144O16/c1-5-9-13-17-21-25-29-33-37-41-45-49-53-57-65(79)88-62-64-72(89-66(80)58-54-50-46-42-38-34-30-26-22-18-14-10-6-2)73(90-67(81)59-55-51-47-43-39-35-31-27-23-19-15-11-7-3)75(76(87,92-64)74(86)71(85)70(84)69(83)63(78)61-77)91-68(82)60-56-52-48-44-40-36-32-28-24-20-16-12-8-4/h63-64,69-75,77-78,83-87H,5-62H2,1-4H3/t63-,64-,69-,70+,71+,72-,73+,74?,75+,76?/m1/s1/i53D,54D,55D,56D/t53?,54?,55?,56?,63-,64-,69-,70+,71+,72-,73+,74?,75+,76?. The van der Waals surface area contributed by atoms with E-state index in [2.05, 4.69) is 27.7 Å². The third-order valence-electron chi connectivity index (χ3n) is 18.3. The second-order valence-corrected chi connectivity index (χ2v) is 26.8. The number of ether oxygens (including phenoxy) is 5. The van der Waals surface area contributed by atoms with Crippen molar-refractivity contribution < 1.29 is 84.1 Å². The highest BCUT2D eigenvalue weighted by molar-refractivity contribution is 5.72. The number of unbranched alkanes of at least 4 members (excludes halogenated alkanes) is 40. The van der Waals surface area contributed by atoms with E-state index in [0.717, 1.165) is 116 Å². The summed E-state index contributed by atoms with van der Waals surface area (Å²) in [5.74, 6) is -7.71. The van der Waals surface area contributed by atoms with Crippen LogP contribution in [-0.2, 0) is 42.9 Å². The number of carbonyl (C=O) groups is 4. The summed E-state index contributed by atoms with van der Waals surface area (Å²) in [6, 6.07) is 0. The molecule has 92 heavy (non-hydrogen) atoms. The second-order valence-electron chi connectivity index (χ2n) is 26.8. The molecule has 6 unspecified atom stereocenters. The van der Waals surface area contributed by atoms with E-state index in [1.807, 2.05) is 0 Å². The molecule has 0 bridgehead atoms. The minimum atomic E-state index is -3.53. The first-order valence-corrected chi connectivity index (χ1v) is 38.1. The third-order valence-corrected chi connectivity index (χ3v) is 18.3. The van der Waals surface area contributed by atoms with Crippen molar-refractivity contribution in [3.8, 4) is 0 Å². The average Bonchev–Trinajstić information content (AvgIpc) is 0.744. The monoisotopic (exact) mass is 1320 g/mol. The largest absolute Gasteiger partial charge is 0.463 e. The van der Waals surface area contributed by atoms with Crippen LogP contribution in [0.2, 0.25) is 0 Å². The Morgan fingerprint density at radius 2 is 0.630 bits per heavy atom. The first kappa shape index (κ1) is 80.2. The molecular formula is C76H144O16. The lowest BCUT2D eigenvalue weighted by Crippen LogP contribution is -2.74. The fourth-order valence-corrected chi connectivity index (χ4v) is 12.3. The number of rotatable bonds is 67. The molecule has 1 aliphatic rings. The van der Waals surface area contributed by atoms with Gasteiger partial charge in [-0.1, -0.05) is 336 Å². The van der Waals surface area contributed by atoms with Crippen LogP contribution < -0.4 is 0 Å². The molecule has 1 rings (SSSR count). The Labute approximate surface area is 566 Å². The Bertz CT molecular complexity index is 1860. The lowest BCUT2D eigenvalue weighted by Gasteiger charge is -2.51. The predicted octanol–water partition coefficient (Wildman–Crippen LogP) is 17.1. The third kappa shape index (κ3) is 44.4. The molecule has 1 aliphatic heterocycles. The molecule has 0 aromatic carbocycles. The van der Waals surface area contributed by atoms with E-state index in [4.69, 9.17) is 29.2 Å². The number of aliphatic hydroxyl groups is 7. The summed E-state index contributed by atoms with van der Waals surface area (Å²) in [7, 11) is 0. The number of carbonyl (C=O) groups excluding carboxylic acids is 4. The Hall–Kier alpha value is -2.44. The fraction of sp³-hybridized carbons (Fsp3) is 0.947. The topological polar surface area (TPSA) is 256 Å². The number of hydrogen-bond donors (Lipinski definition) is 7. The van der Waals surface area contributed by atoms with Crippen molar-refractivity contribution >= 4 is 23.9 Å². The molecule has 1 heterocycles. The van der Waals surface area contributed by atoms with E-state index >= 15 is 0 Å².